The topological polar surface area (TPSA) is 38.9 Å². The van der Waals surface area contributed by atoms with Crippen molar-refractivity contribution in [2.75, 3.05) is 18.0 Å². The second kappa shape index (κ2) is 8.17. The third kappa shape index (κ3) is 3.88. The number of nitrogens with zero attached hydrogens (tertiary/aromatic N) is 5. The zero-order chi connectivity index (χ0) is 18.1. The fourth-order valence-corrected chi connectivity index (χ4v) is 3.99. The third-order valence-corrected chi connectivity index (χ3v) is 5.33. The first-order valence-electron chi connectivity index (χ1n) is 9.55. The molecule has 6 heteroatoms. The Morgan fingerprint density at radius 3 is 2.70 bits per heavy atom. The molecule has 5 nitrogen and oxygen atoms in total. The van der Waals surface area contributed by atoms with Gasteiger partial charge in [0.15, 0.2) is 0 Å². The van der Waals surface area contributed by atoms with E-state index in [1.807, 2.05) is 19.4 Å². The lowest BCUT2D eigenvalue weighted by Gasteiger charge is -2.17. The summed E-state index contributed by atoms with van der Waals surface area (Å²) >= 11 is 0. The molecule has 0 radical (unpaired) electrons. The van der Waals surface area contributed by atoms with Crippen LogP contribution in [-0.2, 0) is 19.5 Å². The molecule has 2 aromatic heterocycles. The number of halogens is 1. The SMILES string of the molecule is CCN1CCc2cc(-c3cncn3CCCn3nc(C)cc3C)ccc21.Cl. The van der Waals surface area contributed by atoms with Crippen molar-refractivity contribution in [1.29, 1.82) is 0 Å². The summed E-state index contributed by atoms with van der Waals surface area (Å²) in [5.41, 5.74) is 7.64. The van der Waals surface area contributed by atoms with E-state index in [4.69, 9.17) is 0 Å². The molecule has 0 bridgehead atoms. The molecule has 0 aliphatic carbocycles. The first-order valence-corrected chi connectivity index (χ1v) is 9.55. The highest BCUT2D eigenvalue weighted by Gasteiger charge is 2.18. The summed E-state index contributed by atoms with van der Waals surface area (Å²) in [6.07, 6.45) is 6.11. The second-order valence-electron chi connectivity index (χ2n) is 7.15. The quantitative estimate of drug-likeness (QED) is 0.636. The van der Waals surface area contributed by atoms with E-state index in [-0.39, 0.29) is 12.4 Å². The summed E-state index contributed by atoms with van der Waals surface area (Å²) in [5.74, 6) is 0. The first kappa shape index (κ1) is 19.5. The van der Waals surface area contributed by atoms with Gasteiger partial charge in [-0.3, -0.25) is 4.68 Å². The van der Waals surface area contributed by atoms with Gasteiger partial charge in [-0.2, -0.15) is 5.10 Å². The van der Waals surface area contributed by atoms with Crippen LogP contribution in [0.4, 0.5) is 5.69 Å². The molecule has 0 N–H and O–H groups in total. The minimum atomic E-state index is 0. The number of benzene rings is 1. The van der Waals surface area contributed by atoms with Crippen molar-refractivity contribution in [1.82, 2.24) is 19.3 Å². The van der Waals surface area contributed by atoms with Gasteiger partial charge in [0.2, 0.25) is 0 Å². The lowest BCUT2D eigenvalue weighted by atomic mass is 10.1. The molecule has 4 rings (SSSR count). The maximum Gasteiger partial charge on any atom is 0.0950 e. The molecule has 1 aliphatic rings. The van der Waals surface area contributed by atoms with Gasteiger partial charge in [0.05, 0.1) is 23.9 Å². The summed E-state index contributed by atoms with van der Waals surface area (Å²) in [4.78, 5) is 6.85. The maximum absolute atomic E-state index is 4.55. The molecule has 0 saturated carbocycles. The molecule has 0 spiro atoms. The first-order chi connectivity index (χ1) is 12.7. The lowest BCUT2D eigenvalue weighted by Crippen LogP contribution is -2.18. The normalized spacial score (nSPS) is 12.9. The van der Waals surface area contributed by atoms with Gasteiger partial charge in [-0.1, -0.05) is 6.07 Å². The Bertz CT molecular complexity index is 911. The summed E-state index contributed by atoms with van der Waals surface area (Å²) in [5, 5.41) is 4.55. The average Bonchev–Trinajstić information content (AvgIpc) is 3.33. The number of rotatable bonds is 6. The van der Waals surface area contributed by atoms with Gasteiger partial charge in [-0.05, 0) is 57.4 Å². The van der Waals surface area contributed by atoms with Crippen LogP contribution in [0.2, 0.25) is 0 Å². The molecule has 144 valence electrons. The fraction of sp³-hybridized carbons (Fsp3) is 0.429. The lowest BCUT2D eigenvalue weighted by molar-refractivity contribution is 0.518. The molecule has 3 heterocycles. The highest BCUT2D eigenvalue weighted by Crippen LogP contribution is 2.32. The number of anilines is 1. The van der Waals surface area contributed by atoms with E-state index >= 15 is 0 Å². The van der Waals surface area contributed by atoms with Crippen LogP contribution in [0.25, 0.3) is 11.3 Å². The molecule has 0 fully saturated rings. The molecule has 1 aliphatic heterocycles. The molecule has 1 aromatic carbocycles. The highest BCUT2D eigenvalue weighted by atomic mass is 35.5. The Kier molecular flexibility index (Phi) is 5.90. The van der Waals surface area contributed by atoms with Crippen LogP contribution < -0.4 is 4.90 Å². The molecular formula is C21H28ClN5. The van der Waals surface area contributed by atoms with Crippen molar-refractivity contribution in [3.8, 4) is 11.3 Å². The maximum atomic E-state index is 4.55. The number of likely N-dealkylation sites (N-methyl/N-ethyl adjacent to an activating group) is 1. The standard InChI is InChI=1S/C21H27N5.ClH/c1-4-24-11-8-19-13-18(6-7-20(19)24)21-14-22-15-25(21)9-5-10-26-17(3)12-16(2)23-26;/h6-7,12-15H,4-5,8-11H2,1-3H3;1H. The van der Waals surface area contributed by atoms with Crippen molar-refractivity contribution in [3.63, 3.8) is 0 Å². The Morgan fingerprint density at radius 1 is 1.11 bits per heavy atom. The Morgan fingerprint density at radius 2 is 1.96 bits per heavy atom. The van der Waals surface area contributed by atoms with Crippen molar-refractivity contribution >= 4 is 18.1 Å². The van der Waals surface area contributed by atoms with E-state index in [2.05, 4.69) is 62.3 Å². The number of hydrogen-bond acceptors (Lipinski definition) is 3. The highest BCUT2D eigenvalue weighted by molar-refractivity contribution is 5.85. The van der Waals surface area contributed by atoms with Gasteiger partial charge in [0.1, 0.15) is 0 Å². The van der Waals surface area contributed by atoms with Crippen molar-refractivity contribution in [3.05, 3.63) is 53.7 Å². The van der Waals surface area contributed by atoms with Crippen LogP contribution >= 0.6 is 12.4 Å². The van der Waals surface area contributed by atoms with Crippen molar-refractivity contribution in [2.24, 2.45) is 0 Å². The third-order valence-electron chi connectivity index (χ3n) is 5.33. The molecular weight excluding hydrogens is 358 g/mol. The molecule has 0 unspecified atom stereocenters. The fourth-order valence-electron chi connectivity index (χ4n) is 3.99. The molecule has 0 amide bonds. The van der Waals surface area contributed by atoms with Gasteiger partial charge >= 0.3 is 0 Å². The molecule has 3 aromatic rings. The molecule has 0 atom stereocenters. The Hall–Kier alpha value is -2.27. The van der Waals surface area contributed by atoms with Crippen molar-refractivity contribution in [2.45, 2.75) is 46.7 Å². The minimum Gasteiger partial charge on any atom is -0.371 e. The number of aromatic nitrogens is 4. The van der Waals surface area contributed by atoms with E-state index in [1.54, 1.807) is 0 Å². The largest absolute Gasteiger partial charge is 0.371 e. The monoisotopic (exact) mass is 385 g/mol. The smallest absolute Gasteiger partial charge is 0.0950 e. The summed E-state index contributed by atoms with van der Waals surface area (Å²) in [6.45, 7) is 10.5. The molecule has 0 saturated heterocycles. The summed E-state index contributed by atoms with van der Waals surface area (Å²) < 4.78 is 4.36. The number of fused-ring (bicyclic) bond motifs is 1. The van der Waals surface area contributed by atoms with Crippen LogP contribution in [0, 0.1) is 13.8 Å². The predicted molar refractivity (Wildman–Crippen MR) is 113 cm³/mol. The number of aryl methyl sites for hydroxylation is 4. The van der Waals surface area contributed by atoms with Gasteiger partial charge in [0, 0.05) is 43.1 Å². The van der Waals surface area contributed by atoms with Crippen LogP contribution in [0.3, 0.4) is 0 Å². The average molecular weight is 386 g/mol. The zero-order valence-corrected chi connectivity index (χ0v) is 17.2. The Labute approximate surface area is 167 Å². The van der Waals surface area contributed by atoms with Crippen LogP contribution in [0.1, 0.15) is 30.3 Å². The number of imidazole rings is 1. The van der Waals surface area contributed by atoms with Crippen LogP contribution in [0.5, 0.6) is 0 Å². The molecule has 27 heavy (non-hydrogen) atoms. The van der Waals surface area contributed by atoms with E-state index in [0.29, 0.717) is 0 Å². The van der Waals surface area contributed by atoms with Crippen LogP contribution in [0.15, 0.2) is 36.8 Å². The predicted octanol–water partition coefficient (Wildman–Crippen LogP) is 4.26. The summed E-state index contributed by atoms with van der Waals surface area (Å²) in [7, 11) is 0. The van der Waals surface area contributed by atoms with Gasteiger partial charge in [0.25, 0.3) is 0 Å². The van der Waals surface area contributed by atoms with E-state index in [0.717, 1.165) is 44.7 Å². The van der Waals surface area contributed by atoms with Crippen molar-refractivity contribution < 1.29 is 0 Å². The van der Waals surface area contributed by atoms with E-state index in [1.165, 1.54) is 28.2 Å². The van der Waals surface area contributed by atoms with Gasteiger partial charge in [-0.15, -0.1) is 12.4 Å². The summed E-state index contributed by atoms with van der Waals surface area (Å²) in [6, 6.07) is 8.99. The van der Waals surface area contributed by atoms with Gasteiger partial charge < -0.3 is 9.47 Å². The zero-order valence-electron chi connectivity index (χ0n) is 16.4. The second-order valence-corrected chi connectivity index (χ2v) is 7.15. The van der Waals surface area contributed by atoms with E-state index in [9.17, 15) is 0 Å². The number of hydrogen-bond donors (Lipinski definition) is 0. The minimum absolute atomic E-state index is 0. The van der Waals surface area contributed by atoms with E-state index < -0.39 is 0 Å². The van der Waals surface area contributed by atoms with Crippen LogP contribution in [-0.4, -0.2) is 32.4 Å². The Balaban J connectivity index is 0.00000210. The van der Waals surface area contributed by atoms with Gasteiger partial charge in [-0.25, -0.2) is 4.98 Å².